The summed E-state index contributed by atoms with van der Waals surface area (Å²) >= 11 is 0. The Kier molecular flexibility index (Phi) is 4.04. The highest BCUT2D eigenvalue weighted by Gasteiger charge is 2.16. The van der Waals surface area contributed by atoms with Crippen molar-refractivity contribution in [1.29, 1.82) is 0 Å². The highest BCUT2D eigenvalue weighted by molar-refractivity contribution is 5.87. The Morgan fingerprint density at radius 3 is 2.59 bits per heavy atom. The summed E-state index contributed by atoms with van der Waals surface area (Å²) in [5, 5.41) is 8.11. The lowest BCUT2D eigenvalue weighted by Gasteiger charge is -2.18. The number of aromatic nitrogens is 4. The summed E-state index contributed by atoms with van der Waals surface area (Å²) in [5.74, 6) is 0.850. The maximum Gasteiger partial charge on any atom is 0.156 e. The topological polar surface area (TPSA) is 55.6 Å². The zero-order valence-corrected chi connectivity index (χ0v) is 13.2. The second-order valence-electron chi connectivity index (χ2n) is 5.34. The van der Waals surface area contributed by atoms with Crippen LogP contribution in [-0.4, -0.2) is 19.7 Å². The van der Waals surface area contributed by atoms with E-state index in [2.05, 4.69) is 58.5 Å². The maximum absolute atomic E-state index is 4.55. The number of benzene rings is 1. The summed E-state index contributed by atoms with van der Waals surface area (Å²) in [6.45, 7) is 7.04. The monoisotopic (exact) mass is 295 g/mol. The molecular formula is C17H21N5. The van der Waals surface area contributed by atoms with E-state index >= 15 is 0 Å². The van der Waals surface area contributed by atoms with Gasteiger partial charge in [0.1, 0.15) is 17.4 Å². The molecule has 2 aromatic heterocycles. The quantitative estimate of drug-likeness (QED) is 0.779. The van der Waals surface area contributed by atoms with Gasteiger partial charge in [-0.15, -0.1) is 0 Å². The second-order valence-corrected chi connectivity index (χ2v) is 5.34. The number of aryl methyl sites for hydroxylation is 2. The Hall–Kier alpha value is -2.43. The molecule has 3 aromatic rings. The van der Waals surface area contributed by atoms with Crippen molar-refractivity contribution in [3.63, 3.8) is 0 Å². The zero-order chi connectivity index (χ0) is 15.5. The third-order valence-electron chi connectivity index (χ3n) is 3.91. The number of rotatable bonds is 5. The first kappa shape index (κ1) is 14.5. The van der Waals surface area contributed by atoms with E-state index in [0.29, 0.717) is 0 Å². The van der Waals surface area contributed by atoms with Gasteiger partial charge in [0, 0.05) is 6.54 Å². The van der Waals surface area contributed by atoms with Crippen molar-refractivity contribution in [2.24, 2.45) is 0 Å². The molecule has 0 saturated carbocycles. The van der Waals surface area contributed by atoms with Crippen LogP contribution in [0.2, 0.25) is 0 Å². The van der Waals surface area contributed by atoms with Crippen LogP contribution in [0.15, 0.2) is 36.7 Å². The van der Waals surface area contributed by atoms with Crippen LogP contribution in [0.3, 0.4) is 0 Å². The van der Waals surface area contributed by atoms with Crippen LogP contribution < -0.4 is 5.32 Å². The molecule has 3 rings (SSSR count). The number of anilines is 1. The molecule has 0 spiro atoms. The minimum Gasteiger partial charge on any atom is -0.361 e. The van der Waals surface area contributed by atoms with Crippen molar-refractivity contribution >= 4 is 16.9 Å². The summed E-state index contributed by atoms with van der Waals surface area (Å²) in [6, 6.07) is 10.7. The van der Waals surface area contributed by atoms with Gasteiger partial charge in [-0.05, 0) is 25.8 Å². The SMILES string of the molecule is CC[C@H](Nc1ncnc2c(C)nn(CC)c12)c1ccccc1. The first-order chi connectivity index (χ1) is 10.7. The molecule has 2 heterocycles. The largest absolute Gasteiger partial charge is 0.361 e. The van der Waals surface area contributed by atoms with Crippen molar-refractivity contribution in [1.82, 2.24) is 19.7 Å². The van der Waals surface area contributed by atoms with Gasteiger partial charge in [-0.3, -0.25) is 4.68 Å². The highest BCUT2D eigenvalue weighted by Crippen LogP contribution is 2.27. The average Bonchev–Trinajstić information content (AvgIpc) is 2.90. The van der Waals surface area contributed by atoms with Gasteiger partial charge >= 0.3 is 0 Å². The minimum absolute atomic E-state index is 0.222. The van der Waals surface area contributed by atoms with Crippen LogP contribution in [0.4, 0.5) is 5.82 Å². The third-order valence-corrected chi connectivity index (χ3v) is 3.91. The Morgan fingerprint density at radius 2 is 1.91 bits per heavy atom. The normalized spacial score (nSPS) is 12.5. The first-order valence-corrected chi connectivity index (χ1v) is 7.74. The molecule has 1 aromatic carbocycles. The maximum atomic E-state index is 4.55. The molecule has 0 fully saturated rings. The molecule has 0 bridgehead atoms. The van der Waals surface area contributed by atoms with Gasteiger partial charge in [0.25, 0.3) is 0 Å². The smallest absolute Gasteiger partial charge is 0.156 e. The van der Waals surface area contributed by atoms with Crippen LogP contribution in [0.25, 0.3) is 11.0 Å². The van der Waals surface area contributed by atoms with Crippen molar-refractivity contribution in [3.8, 4) is 0 Å². The summed E-state index contributed by atoms with van der Waals surface area (Å²) in [6.07, 6.45) is 2.59. The van der Waals surface area contributed by atoms with Crippen LogP contribution in [0.1, 0.15) is 37.6 Å². The van der Waals surface area contributed by atoms with E-state index in [-0.39, 0.29) is 6.04 Å². The van der Waals surface area contributed by atoms with Crippen LogP contribution in [0, 0.1) is 6.92 Å². The molecule has 0 radical (unpaired) electrons. The van der Waals surface area contributed by atoms with Crippen molar-refractivity contribution in [3.05, 3.63) is 47.9 Å². The molecule has 0 amide bonds. The van der Waals surface area contributed by atoms with E-state index in [1.165, 1.54) is 5.56 Å². The van der Waals surface area contributed by atoms with Gasteiger partial charge < -0.3 is 5.32 Å². The van der Waals surface area contributed by atoms with Crippen LogP contribution >= 0.6 is 0 Å². The molecule has 5 nitrogen and oxygen atoms in total. The molecule has 22 heavy (non-hydrogen) atoms. The average molecular weight is 295 g/mol. The lowest BCUT2D eigenvalue weighted by molar-refractivity contribution is 0.673. The number of hydrogen-bond acceptors (Lipinski definition) is 4. The van der Waals surface area contributed by atoms with E-state index < -0.39 is 0 Å². The fourth-order valence-corrected chi connectivity index (χ4v) is 2.77. The second kappa shape index (κ2) is 6.13. The number of hydrogen-bond donors (Lipinski definition) is 1. The zero-order valence-electron chi connectivity index (χ0n) is 13.2. The van der Waals surface area contributed by atoms with Gasteiger partial charge in [-0.2, -0.15) is 5.10 Å². The predicted molar refractivity (Wildman–Crippen MR) is 88.8 cm³/mol. The molecule has 0 aliphatic heterocycles. The fourth-order valence-electron chi connectivity index (χ4n) is 2.77. The van der Waals surface area contributed by atoms with Crippen LogP contribution in [0.5, 0.6) is 0 Å². The third kappa shape index (κ3) is 2.54. The van der Waals surface area contributed by atoms with Crippen molar-refractivity contribution in [2.75, 3.05) is 5.32 Å². The van der Waals surface area contributed by atoms with E-state index in [9.17, 15) is 0 Å². The molecule has 0 aliphatic rings. The van der Waals surface area contributed by atoms with Gasteiger partial charge in [-0.25, -0.2) is 9.97 Å². The number of nitrogens with zero attached hydrogens (tertiary/aromatic N) is 4. The lowest BCUT2D eigenvalue weighted by atomic mass is 10.0. The number of fused-ring (bicyclic) bond motifs is 1. The molecular weight excluding hydrogens is 274 g/mol. The number of nitrogens with one attached hydrogen (secondary N) is 1. The fraction of sp³-hybridized carbons (Fsp3) is 0.353. The summed E-state index contributed by atoms with van der Waals surface area (Å²) in [5.41, 5.74) is 4.10. The summed E-state index contributed by atoms with van der Waals surface area (Å²) < 4.78 is 1.96. The molecule has 5 heteroatoms. The molecule has 0 unspecified atom stereocenters. The molecule has 0 saturated heterocycles. The van der Waals surface area contributed by atoms with Gasteiger partial charge in [0.2, 0.25) is 0 Å². The first-order valence-electron chi connectivity index (χ1n) is 7.74. The Bertz CT molecular complexity index is 763. The summed E-state index contributed by atoms with van der Waals surface area (Å²) in [4.78, 5) is 8.84. The Morgan fingerprint density at radius 1 is 1.14 bits per heavy atom. The van der Waals surface area contributed by atoms with Gasteiger partial charge in [-0.1, -0.05) is 37.3 Å². The predicted octanol–water partition coefficient (Wildman–Crippen LogP) is 3.72. The van der Waals surface area contributed by atoms with Crippen molar-refractivity contribution < 1.29 is 0 Å². The lowest BCUT2D eigenvalue weighted by Crippen LogP contribution is -2.12. The molecule has 1 N–H and O–H groups in total. The Balaban J connectivity index is 2.03. The van der Waals surface area contributed by atoms with Gasteiger partial charge in [0.05, 0.1) is 11.7 Å². The van der Waals surface area contributed by atoms with E-state index in [4.69, 9.17) is 0 Å². The summed E-state index contributed by atoms with van der Waals surface area (Å²) in [7, 11) is 0. The Labute approximate surface area is 130 Å². The van der Waals surface area contributed by atoms with E-state index in [0.717, 1.165) is 35.5 Å². The molecule has 114 valence electrons. The molecule has 1 atom stereocenters. The van der Waals surface area contributed by atoms with E-state index in [1.54, 1.807) is 6.33 Å². The van der Waals surface area contributed by atoms with Crippen LogP contribution in [-0.2, 0) is 6.54 Å². The molecule has 0 aliphatic carbocycles. The van der Waals surface area contributed by atoms with Crippen molar-refractivity contribution in [2.45, 2.75) is 39.8 Å². The minimum atomic E-state index is 0.222. The highest BCUT2D eigenvalue weighted by atomic mass is 15.3. The standard InChI is InChI=1S/C17H21N5/c1-4-14(13-9-7-6-8-10-13)20-17-16-15(18-11-19-17)12(3)21-22(16)5-2/h6-11,14H,4-5H2,1-3H3,(H,18,19,20)/t14-/m0/s1. The van der Waals surface area contributed by atoms with E-state index in [1.807, 2.05) is 17.7 Å². The van der Waals surface area contributed by atoms with Gasteiger partial charge in [0.15, 0.2) is 5.82 Å².